The van der Waals surface area contributed by atoms with Gasteiger partial charge in [-0.2, -0.15) is 5.26 Å². The molecule has 1 aromatic carbocycles. The molecule has 30 heavy (non-hydrogen) atoms. The Balaban J connectivity index is 1.98. The standard InChI is InChI=1S/C23H20N2O5/c1-13(26)12-25-22(28)19(14(2)20(11-24)23(25)29)10-18-8-9-21(30-18)17-6-4-16(5-7-17)15(3)27/h4-10,13,26H,12H2,1-3H3/b19-10+/t13-/m0/s1. The molecule has 0 unspecified atom stereocenters. The van der Waals surface area contributed by atoms with Gasteiger partial charge in [0.05, 0.1) is 12.6 Å². The Morgan fingerprint density at radius 3 is 2.43 bits per heavy atom. The molecule has 3 rings (SSSR count). The van der Waals surface area contributed by atoms with E-state index < -0.39 is 17.9 Å². The summed E-state index contributed by atoms with van der Waals surface area (Å²) in [5.41, 5.74) is 1.62. The van der Waals surface area contributed by atoms with Crippen molar-refractivity contribution in [3.63, 3.8) is 0 Å². The normalized spacial score (nSPS) is 16.8. The molecule has 2 amide bonds. The van der Waals surface area contributed by atoms with E-state index >= 15 is 0 Å². The lowest BCUT2D eigenvalue weighted by Gasteiger charge is -2.28. The zero-order valence-corrected chi connectivity index (χ0v) is 16.8. The van der Waals surface area contributed by atoms with E-state index in [0.29, 0.717) is 17.1 Å². The highest BCUT2D eigenvalue weighted by molar-refractivity contribution is 6.19. The van der Waals surface area contributed by atoms with Gasteiger partial charge in [-0.3, -0.25) is 19.3 Å². The number of nitriles is 1. The van der Waals surface area contributed by atoms with Crippen molar-refractivity contribution in [3.05, 3.63) is 64.4 Å². The first-order chi connectivity index (χ1) is 14.2. The van der Waals surface area contributed by atoms with Gasteiger partial charge in [-0.05, 0) is 44.6 Å². The number of amides is 2. The Morgan fingerprint density at radius 1 is 1.20 bits per heavy atom. The van der Waals surface area contributed by atoms with Gasteiger partial charge in [0.2, 0.25) is 0 Å². The van der Waals surface area contributed by atoms with Crippen LogP contribution in [0.4, 0.5) is 0 Å². The molecule has 0 radical (unpaired) electrons. The number of nitrogens with zero attached hydrogens (tertiary/aromatic N) is 2. The first-order valence-electron chi connectivity index (χ1n) is 9.31. The molecule has 2 aromatic rings. The number of hydrogen-bond acceptors (Lipinski definition) is 6. The van der Waals surface area contributed by atoms with Gasteiger partial charge in [-0.25, -0.2) is 0 Å². The number of carbonyl (C=O) groups excluding carboxylic acids is 3. The predicted molar refractivity (Wildman–Crippen MR) is 109 cm³/mol. The third-order valence-electron chi connectivity index (χ3n) is 4.76. The van der Waals surface area contributed by atoms with E-state index in [4.69, 9.17) is 4.42 Å². The Labute approximate surface area is 173 Å². The van der Waals surface area contributed by atoms with Crippen LogP contribution in [0.5, 0.6) is 0 Å². The predicted octanol–water partition coefficient (Wildman–Crippen LogP) is 3.12. The van der Waals surface area contributed by atoms with Crippen LogP contribution < -0.4 is 0 Å². The van der Waals surface area contributed by atoms with Crippen molar-refractivity contribution < 1.29 is 23.9 Å². The van der Waals surface area contributed by atoms with Crippen LogP contribution in [0.3, 0.4) is 0 Å². The smallest absolute Gasteiger partial charge is 0.271 e. The van der Waals surface area contributed by atoms with Crippen molar-refractivity contribution in [2.45, 2.75) is 26.9 Å². The van der Waals surface area contributed by atoms with E-state index in [2.05, 4.69) is 0 Å². The fraction of sp³-hybridized carbons (Fsp3) is 0.217. The number of hydrogen-bond donors (Lipinski definition) is 1. The van der Waals surface area contributed by atoms with Crippen LogP contribution in [-0.4, -0.2) is 40.3 Å². The third kappa shape index (κ3) is 4.00. The van der Waals surface area contributed by atoms with Crippen LogP contribution in [0.25, 0.3) is 17.4 Å². The lowest BCUT2D eigenvalue weighted by atomic mass is 9.94. The van der Waals surface area contributed by atoms with E-state index in [1.807, 2.05) is 6.07 Å². The Morgan fingerprint density at radius 2 is 1.87 bits per heavy atom. The van der Waals surface area contributed by atoms with Crippen molar-refractivity contribution in [2.24, 2.45) is 0 Å². The van der Waals surface area contributed by atoms with Crippen LogP contribution in [0.1, 0.15) is 36.9 Å². The molecule has 1 atom stereocenters. The number of imide groups is 1. The van der Waals surface area contributed by atoms with Crippen LogP contribution in [0, 0.1) is 11.3 Å². The van der Waals surface area contributed by atoms with Gasteiger partial charge >= 0.3 is 0 Å². The lowest BCUT2D eigenvalue weighted by Crippen LogP contribution is -2.45. The number of aliphatic hydroxyl groups excluding tert-OH is 1. The van der Waals surface area contributed by atoms with Gasteiger partial charge in [0.25, 0.3) is 11.8 Å². The molecule has 1 aliphatic rings. The molecule has 2 heterocycles. The van der Waals surface area contributed by atoms with Gasteiger partial charge in [-0.1, -0.05) is 24.3 Å². The van der Waals surface area contributed by atoms with E-state index in [1.165, 1.54) is 26.8 Å². The summed E-state index contributed by atoms with van der Waals surface area (Å²) >= 11 is 0. The summed E-state index contributed by atoms with van der Waals surface area (Å²) in [5, 5.41) is 19.0. The molecule has 0 saturated carbocycles. The van der Waals surface area contributed by atoms with E-state index in [0.717, 1.165) is 10.5 Å². The van der Waals surface area contributed by atoms with Gasteiger partial charge in [0.15, 0.2) is 5.78 Å². The van der Waals surface area contributed by atoms with Crippen LogP contribution in [-0.2, 0) is 9.59 Å². The highest BCUT2D eigenvalue weighted by Gasteiger charge is 2.36. The van der Waals surface area contributed by atoms with Crippen LogP contribution in [0.15, 0.2) is 57.5 Å². The second-order valence-electron chi connectivity index (χ2n) is 7.08. The fourth-order valence-corrected chi connectivity index (χ4v) is 3.16. The number of β-amino-alcohol motifs (C(OH)–C–C–N with tert-alkyl or cyclic N) is 1. The summed E-state index contributed by atoms with van der Waals surface area (Å²) in [4.78, 5) is 37.5. The Kier molecular flexibility index (Phi) is 5.81. The molecule has 0 aliphatic carbocycles. The van der Waals surface area contributed by atoms with Crippen LogP contribution >= 0.6 is 0 Å². The maximum absolute atomic E-state index is 12.8. The number of ketones is 1. The summed E-state index contributed by atoms with van der Waals surface area (Å²) in [6, 6.07) is 12.2. The van der Waals surface area contributed by atoms with Gasteiger partial charge in [-0.15, -0.1) is 0 Å². The highest BCUT2D eigenvalue weighted by Crippen LogP contribution is 2.29. The van der Waals surface area contributed by atoms with E-state index in [-0.39, 0.29) is 29.0 Å². The molecule has 0 bridgehead atoms. The number of aliphatic hydroxyl groups is 1. The highest BCUT2D eigenvalue weighted by atomic mass is 16.3. The molecule has 0 saturated heterocycles. The van der Waals surface area contributed by atoms with Crippen molar-refractivity contribution in [1.29, 1.82) is 5.26 Å². The number of Topliss-reactive ketones (excluding diaryl/α,β-unsaturated/α-hetero) is 1. The molecular formula is C23H20N2O5. The number of rotatable bonds is 5. The van der Waals surface area contributed by atoms with E-state index in [1.54, 1.807) is 36.4 Å². The van der Waals surface area contributed by atoms with Gasteiger partial charge in [0.1, 0.15) is 23.2 Å². The minimum absolute atomic E-state index is 0.0333. The number of carbonyl (C=O) groups is 3. The second kappa shape index (κ2) is 8.31. The average molecular weight is 404 g/mol. The lowest BCUT2D eigenvalue weighted by molar-refractivity contribution is -0.141. The molecule has 0 spiro atoms. The van der Waals surface area contributed by atoms with E-state index in [9.17, 15) is 24.8 Å². The largest absolute Gasteiger partial charge is 0.457 e. The molecule has 1 N–H and O–H groups in total. The fourth-order valence-electron chi connectivity index (χ4n) is 3.16. The molecule has 1 aliphatic heterocycles. The minimum atomic E-state index is -0.925. The maximum Gasteiger partial charge on any atom is 0.271 e. The minimum Gasteiger partial charge on any atom is -0.457 e. The topological polar surface area (TPSA) is 112 Å². The molecule has 152 valence electrons. The SMILES string of the molecule is CC(=O)c1ccc(-c2ccc(/C=C3/C(=O)N(C[C@H](C)O)C(=O)C(C#N)=C3C)o2)cc1. The zero-order chi connectivity index (χ0) is 22.0. The molecule has 0 fully saturated rings. The number of furan rings is 1. The summed E-state index contributed by atoms with van der Waals surface area (Å²) in [6.07, 6.45) is 0.551. The first kappa shape index (κ1) is 21.0. The molecule has 1 aromatic heterocycles. The molecule has 7 heteroatoms. The van der Waals surface area contributed by atoms with Crippen LogP contribution in [0.2, 0.25) is 0 Å². The summed E-state index contributed by atoms with van der Waals surface area (Å²) in [5.74, 6) is -0.440. The van der Waals surface area contributed by atoms with Gasteiger partial charge < -0.3 is 9.52 Å². The zero-order valence-electron chi connectivity index (χ0n) is 16.8. The summed E-state index contributed by atoms with van der Waals surface area (Å²) in [7, 11) is 0. The Hall–Kier alpha value is -3.76. The van der Waals surface area contributed by atoms with Crippen molar-refractivity contribution >= 4 is 23.7 Å². The first-order valence-corrected chi connectivity index (χ1v) is 9.31. The molecular weight excluding hydrogens is 384 g/mol. The monoisotopic (exact) mass is 404 g/mol. The third-order valence-corrected chi connectivity index (χ3v) is 4.76. The second-order valence-corrected chi connectivity index (χ2v) is 7.08. The summed E-state index contributed by atoms with van der Waals surface area (Å²) in [6.45, 7) is 4.27. The number of benzene rings is 1. The Bertz CT molecular complexity index is 1130. The molecule has 7 nitrogen and oxygen atoms in total. The summed E-state index contributed by atoms with van der Waals surface area (Å²) < 4.78 is 5.81. The quantitative estimate of drug-likeness (QED) is 0.466. The van der Waals surface area contributed by atoms with Crippen molar-refractivity contribution in [1.82, 2.24) is 4.90 Å². The van der Waals surface area contributed by atoms with Crippen molar-refractivity contribution in [3.8, 4) is 17.4 Å². The van der Waals surface area contributed by atoms with Gasteiger partial charge in [0, 0.05) is 16.7 Å². The average Bonchev–Trinajstić information content (AvgIpc) is 3.17. The van der Waals surface area contributed by atoms with Crippen molar-refractivity contribution in [2.75, 3.05) is 6.54 Å². The maximum atomic E-state index is 12.8.